The first-order chi connectivity index (χ1) is 6.33. The molecule has 0 aromatic heterocycles. The topological polar surface area (TPSA) is 3.24 Å². The predicted molar refractivity (Wildman–Crippen MR) is 72.1 cm³/mol. The van der Waals surface area contributed by atoms with Crippen LogP contribution in [-0.2, 0) is 0 Å². The van der Waals surface area contributed by atoms with Gasteiger partial charge < -0.3 is 4.23 Å². The number of nitrogens with zero attached hydrogens (tertiary/aromatic N) is 1. The molecule has 0 aliphatic rings. The molecule has 0 N–H and O–H groups in total. The molecule has 14 heavy (non-hydrogen) atoms. The minimum Gasteiger partial charge on any atom is -0.344 e. The Hall–Kier alpha value is 0.684. The Labute approximate surface area is 97.6 Å². The van der Waals surface area contributed by atoms with Gasteiger partial charge in [0, 0.05) is 5.88 Å². The maximum absolute atomic E-state index is 5.78. The second-order valence-electron chi connectivity index (χ2n) is 5.02. The normalized spacial score (nSPS) is 13.3. The van der Waals surface area contributed by atoms with Gasteiger partial charge in [-0.3, -0.25) is 0 Å². The lowest BCUT2D eigenvalue weighted by atomic mass is 10.4. The fraction of sp³-hybridized carbons (Fsp3) is 1.00. The smallest absolute Gasteiger partial charge is 0.122 e. The summed E-state index contributed by atoms with van der Waals surface area (Å²) in [6, 6.07) is 2.04. The highest BCUT2D eigenvalue weighted by Gasteiger charge is 2.32. The third-order valence-corrected chi connectivity index (χ3v) is 10.9. The maximum atomic E-state index is 5.78. The van der Waals surface area contributed by atoms with E-state index in [9.17, 15) is 0 Å². The molecule has 0 saturated carbocycles. The Kier molecular flexibility index (Phi) is 6.61. The van der Waals surface area contributed by atoms with Crippen LogP contribution < -0.4 is 0 Å². The molecule has 85 valence electrons. The second-order valence-corrected chi connectivity index (χ2v) is 12.8. The highest BCUT2D eigenvalue weighted by Crippen LogP contribution is 2.22. The van der Waals surface area contributed by atoms with Crippen LogP contribution in [0.25, 0.3) is 0 Å². The van der Waals surface area contributed by atoms with E-state index in [2.05, 4.69) is 44.3 Å². The van der Waals surface area contributed by atoms with Crippen LogP contribution in [0.1, 0.15) is 20.3 Å². The first-order valence-electron chi connectivity index (χ1n) is 5.48. The highest BCUT2D eigenvalue weighted by molar-refractivity contribution is 6.83. The zero-order valence-corrected chi connectivity index (χ0v) is 13.3. The van der Waals surface area contributed by atoms with Gasteiger partial charge in [-0.25, -0.2) is 0 Å². The average Bonchev–Trinajstić information content (AvgIpc) is 1.98. The molecule has 4 heteroatoms. The number of rotatable bonds is 6. The van der Waals surface area contributed by atoms with Gasteiger partial charge in [-0.05, 0) is 18.5 Å². The van der Waals surface area contributed by atoms with Crippen LogP contribution in [0.5, 0.6) is 0 Å². The molecule has 0 aliphatic heterocycles. The lowest BCUT2D eigenvalue weighted by molar-refractivity contribution is 0.513. The van der Waals surface area contributed by atoms with E-state index in [1.54, 1.807) is 0 Å². The van der Waals surface area contributed by atoms with Crippen molar-refractivity contribution in [1.82, 2.24) is 4.23 Å². The van der Waals surface area contributed by atoms with Gasteiger partial charge in [0.05, 0.1) is 0 Å². The Morgan fingerprint density at radius 3 is 2.07 bits per heavy atom. The van der Waals surface area contributed by atoms with Crippen LogP contribution >= 0.6 is 11.6 Å². The molecular formula is C10H25ClNSi2. The molecule has 0 saturated heterocycles. The van der Waals surface area contributed by atoms with Gasteiger partial charge in [-0.1, -0.05) is 40.0 Å². The minimum atomic E-state index is -1.19. The summed E-state index contributed by atoms with van der Waals surface area (Å²) in [5.41, 5.74) is 0. The molecule has 0 heterocycles. The van der Waals surface area contributed by atoms with Crippen LogP contribution in [0.2, 0.25) is 32.2 Å². The molecule has 0 aliphatic carbocycles. The Morgan fingerprint density at radius 1 is 1.29 bits per heavy atom. The molecule has 0 aromatic rings. The predicted octanol–water partition coefficient (Wildman–Crippen LogP) is 3.78. The summed E-state index contributed by atoms with van der Waals surface area (Å²) < 4.78 is 2.81. The lowest BCUT2D eigenvalue weighted by Crippen LogP contribution is -2.57. The summed E-state index contributed by atoms with van der Waals surface area (Å²) in [6.07, 6.45) is 1.18. The molecule has 0 atom stereocenters. The molecule has 0 spiro atoms. The SMILES string of the molecule is CC(C)N([Si](C)C)[Si](C)(C)CCCCl. The van der Waals surface area contributed by atoms with Crippen molar-refractivity contribution in [2.24, 2.45) is 0 Å². The third kappa shape index (κ3) is 4.47. The van der Waals surface area contributed by atoms with Crippen molar-refractivity contribution in [3.63, 3.8) is 0 Å². The summed E-state index contributed by atoms with van der Waals surface area (Å²) in [4.78, 5) is 0. The van der Waals surface area contributed by atoms with E-state index in [-0.39, 0.29) is 8.96 Å². The summed E-state index contributed by atoms with van der Waals surface area (Å²) in [5, 5.41) is 0. The van der Waals surface area contributed by atoms with Gasteiger partial charge in [0.25, 0.3) is 0 Å². The van der Waals surface area contributed by atoms with Crippen LogP contribution in [0.4, 0.5) is 0 Å². The van der Waals surface area contributed by atoms with E-state index in [0.29, 0.717) is 6.04 Å². The second kappa shape index (κ2) is 6.31. The third-order valence-electron chi connectivity index (χ3n) is 2.57. The van der Waals surface area contributed by atoms with Crippen molar-refractivity contribution < 1.29 is 0 Å². The van der Waals surface area contributed by atoms with Crippen molar-refractivity contribution >= 4 is 28.8 Å². The first kappa shape index (κ1) is 14.7. The molecule has 1 nitrogen and oxygen atoms in total. The van der Waals surface area contributed by atoms with Crippen LogP contribution in [0, 0.1) is 0 Å². The number of alkyl halides is 1. The van der Waals surface area contributed by atoms with Crippen molar-refractivity contribution in [3.8, 4) is 0 Å². The highest BCUT2D eigenvalue weighted by atomic mass is 35.5. The largest absolute Gasteiger partial charge is 0.344 e. The summed E-state index contributed by atoms with van der Waals surface area (Å²) in [7, 11) is -1.49. The molecular weight excluding hydrogens is 226 g/mol. The Morgan fingerprint density at radius 2 is 1.79 bits per heavy atom. The Bertz CT molecular complexity index is 152. The standard InChI is InChI=1S/C10H25ClNSi2/c1-10(2)12(13(3)4)14(5,6)9-7-8-11/h10H,7-9H2,1-6H3. The van der Waals surface area contributed by atoms with Crippen molar-refractivity contribution in [1.29, 1.82) is 0 Å². The number of halogens is 1. The fourth-order valence-corrected chi connectivity index (χ4v) is 11.7. The molecule has 0 bridgehead atoms. The van der Waals surface area contributed by atoms with E-state index >= 15 is 0 Å². The zero-order chi connectivity index (χ0) is 11.4. The number of hydrogen-bond acceptors (Lipinski definition) is 1. The first-order valence-corrected chi connectivity index (χ1v) is 11.6. The minimum absolute atomic E-state index is 0.307. The van der Waals surface area contributed by atoms with Crippen LogP contribution in [0.15, 0.2) is 0 Å². The van der Waals surface area contributed by atoms with Crippen LogP contribution in [0.3, 0.4) is 0 Å². The monoisotopic (exact) mass is 250 g/mol. The van der Waals surface area contributed by atoms with Gasteiger partial charge >= 0.3 is 0 Å². The zero-order valence-electron chi connectivity index (χ0n) is 10.5. The quantitative estimate of drug-likeness (QED) is 0.512. The molecule has 0 amide bonds. The molecule has 0 fully saturated rings. The van der Waals surface area contributed by atoms with Crippen molar-refractivity contribution in [2.45, 2.75) is 58.5 Å². The van der Waals surface area contributed by atoms with E-state index < -0.39 is 8.24 Å². The molecule has 0 aromatic carbocycles. The summed E-state index contributed by atoms with van der Waals surface area (Å²) in [5.74, 6) is 0.817. The van der Waals surface area contributed by atoms with Crippen LogP contribution in [-0.4, -0.2) is 33.3 Å². The lowest BCUT2D eigenvalue weighted by Gasteiger charge is -2.43. The van der Waals surface area contributed by atoms with Gasteiger partial charge in [-0.2, -0.15) is 0 Å². The van der Waals surface area contributed by atoms with Crippen molar-refractivity contribution in [3.05, 3.63) is 0 Å². The summed E-state index contributed by atoms with van der Waals surface area (Å²) >= 11 is 5.78. The number of hydrogen-bond donors (Lipinski definition) is 0. The molecule has 1 radical (unpaired) electrons. The molecule has 0 rings (SSSR count). The molecule has 0 unspecified atom stereocenters. The Balaban J connectivity index is 4.45. The van der Waals surface area contributed by atoms with E-state index in [0.717, 1.165) is 5.88 Å². The van der Waals surface area contributed by atoms with Gasteiger partial charge in [0.1, 0.15) is 17.2 Å². The fourth-order valence-electron chi connectivity index (χ4n) is 2.44. The maximum Gasteiger partial charge on any atom is 0.122 e. The van der Waals surface area contributed by atoms with E-state index in [4.69, 9.17) is 11.6 Å². The summed E-state index contributed by atoms with van der Waals surface area (Å²) in [6.45, 7) is 14.4. The van der Waals surface area contributed by atoms with E-state index in [1.165, 1.54) is 12.5 Å². The van der Waals surface area contributed by atoms with Crippen molar-refractivity contribution in [2.75, 3.05) is 5.88 Å². The van der Waals surface area contributed by atoms with Gasteiger partial charge in [0.2, 0.25) is 0 Å². The van der Waals surface area contributed by atoms with E-state index in [1.807, 2.05) is 0 Å². The van der Waals surface area contributed by atoms with Gasteiger partial charge in [0.15, 0.2) is 0 Å². The van der Waals surface area contributed by atoms with Gasteiger partial charge in [-0.15, -0.1) is 11.6 Å². The average molecular weight is 251 g/mol.